The fourth-order valence-electron chi connectivity index (χ4n) is 2.23. The number of carbonyl (C=O) groups is 1. The maximum atomic E-state index is 13.1. The number of hydrogen-bond acceptors (Lipinski definition) is 3. The van der Waals surface area contributed by atoms with Crippen molar-refractivity contribution in [2.24, 2.45) is 0 Å². The number of carbonyl (C=O) groups excluding carboxylic acids is 1. The second-order valence-electron chi connectivity index (χ2n) is 5.25. The number of para-hydroxylation sites is 1. The molecule has 0 spiro atoms. The van der Waals surface area contributed by atoms with Gasteiger partial charge in [-0.25, -0.2) is 9.18 Å². The van der Waals surface area contributed by atoms with Crippen LogP contribution in [0.15, 0.2) is 36.4 Å². The number of ether oxygens (including phenoxy) is 1. The molecule has 24 heavy (non-hydrogen) atoms. The Hall–Kier alpha value is -3.07. The molecule has 0 aliphatic heterocycles. The van der Waals surface area contributed by atoms with Crippen molar-refractivity contribution in [2.45, 2.75) is 13.8 Å². The molecule has 2 N–H and O–H groups in total. The molecule has 0 fully saturated rings. The zero-order valence-corrected chi connectivity index (χ0v) is 13.5. The predicted octanol–water partition coefficient (Wildman–Crippen LogP) is 3.51. The van der Waals surface area contributed by atoms with Gasteiger partial charge in [0.2, 0.25) is 0 Å². The van der Waals surface area contributed by atoms with Gasteiger partial charge in [-0.05, 0) is 43.2 Å². The van der Waals surface area contributed by atoms with E-state index in [0.717, 1.165) is 22.9 Å². The van der Waals surface area contributed by atoms with Crippen LogP contribution in [0.25, 0.3) is 0 Å². The molecule has 0 aliphatic rings. The van der Waals surface area contributed by atoms with E-state index in [0.29, 0.717) is 13.2 Å². The molecule has 2 aromatic carbocycles. The number of halogens is 1. The topological polar surface area (TPSA) is 74.2 Å². The van der Waals surface area contributed by atoms with Crippen LogP contribution in [0.2, 0.25) is 0 Å². The summed E-state index contributed by atoms with van der Waals surface area (Å²) in [6.07, 6.45) is 0. The van der Waals surface area contributed by atoms with E-state index in [4.69, 9.17) is 10.00 Å². The number of nitrogens with zero attached hydrogens (tertiary/aromatic N) is 1. The first kappa shape index (κ1) is 17.3. The lowest BCUT2D eigenvalue weighted by Gasteiger charge is -2.13. The van der Waals surface area contributed by atoms with Crippen molar-refractivity contribution in [1.29, 1.82) is 5.26 Å². The lowest BCUT2D eigenvalue weighted by atomic mass is 10.1. The van der Waals surface area contributed by atoms with E-state index < -0.39 is 11.8 Å². The van der Waals surface area contributed by atoms with Crippen LogP contribution >= 0.6 is 0 Å². The van der Waals surface area contributed by atoms with Gasteiger partial charge >= 0.3 is 6.03 Å². The van der Waals surface area contributed by atoms with Gasteiger partial charge in [0.15, 0.2) is 0 Å². The van der Waals surface area contributed by atoms with Gasteiger partial charge in [0.25, 0.3) is 0 Å². The second-order valence-corrected chi connectivity index (χ2v) is 5.25. The Morgan fingerprint density at radius 2 is 1.96 bits per heavy atom. The summed E-state index contributed by atoms with van der Waals surface area (Å²) in [5, 5.41) is 14.1. The lowest BCUT2D eigenvalue weighted by Crippen LogP contribution is -2.32. The molecule has 6 heteroatoms. The van der Waals surface area contributed by atoms with Crippen LogP contribution in [0.4, 0.5) is 14.9 Å². The molecule has 0 bridgehead atoms. The van der Waals surface area contributed by atoms with Gasteiger partial charge in [-0.3, -0.25) is 0 Å². The monoisotopic (exact) mass is 327 g/mol. The van der Waals surface area contributed by atoms with Crippen LogP contribution in [0.5, 0.6) is 5.75 Å². The van der Waals surface area contributed by atoms with Gasteiger partial charge in [0.05, 0.1) is 17.8 Å². The first-order valence-corrected chi connectivity index (χ1v) is 7.45. The van der Waals surface area contributed by atoms with Crippen molar-refractivity contribution in [3.05, 3.63) is 58.9 Å². The first-order chi connectivity index (χ1) is 11.5. The van der Waals surface area contributed by atoms with E-state index in [1.165, 1.54) is 12.1 Å². The van der Waals surface area contributed by atoms with E-state index in [-0.39, 0.29) is 11.3 Å². The van der Waals surface area contributed by atoms with Crippen LogP contribution in [0.3, 0.4) is 0 Å². The SMILES string of the molecule is Cc1cccc(C)c1OCCNC(=O)Nc1ccc(F)cc1C#N. The Labute approximate surface area is 140 Å². The highest BCUT2D eigenvalue weighted by Crippen LogP contribution is 2.22. The average Bonchev–Trinajstić information content (AvgIpc) is 2.55. The van der Waals surface area contributed by atoms with Gasteiger partial charge in [0.1, 0.15) is 24.2 Å². The molecule has 0 saturated heterocycles. The number of anilines is 1. The number of urea groups is 1. The third-order valence-electron chi connectivity index (χ3n) is 3.39. The molecule has 0 aliphatic carbocycles. The number of amides is 2. The van der Waals surface area contributed by atoms with E-state index >= 15 is 0 Å². The smallest absolute Gasteiger partial charge is 0.319 e. The predicted molar refractivity (Wildman–Crippen MR) is 89.5 cm³/mol. The van der Waals surface area contributed by atoms with Crippen molar-refractivity contribution < 1.29 is 13.9 Å². The minimum atomic E-state index is -0.528. The highest BCUT2D eigenvalue weighted by atomic mass is 19.1. The Kier molecular flexibility index (Phi) is 5.74. The summed E-state index contributed by atoms with van der Waals surface area (Å²) in [5.74, 6) is 0.282. The first-order valence-electron chi connectivity index (χ1n) is 7.45. The maximum absolute atomic E-state index is 13.1. The van der Waals surface area contributed by atoms with Gasteiger partial charge < -0.3 is 15.4 Å². The number of nitriles is 1. The van der Waals surface area contributed by atoms with Crippen LogP contribution in [0.1, 0.15) is 16.7 Å². The van der Waals surface area contributed by atoms with Crippen molar-refractivity contribution in [3.8, 4) is 11.8 Å². The molecular formula is C18H18FN3O2. The summed E-state index contributed by atoms with van der Waals surface area (Å²) in [6, 6.07) is 10.8. The molecule has 0 radical (unpaired) electrons. The average molecular weight is 327 g/mol. The van der Waals surface area contributed by atoms with E-state index in [2.05, 4.69) is 10.6 Å². The Morgan fingerprint density at radius 1 is 1.25 bits per heavy atom. The summed E-state index contributed by atoms with van der Waals surface area (Å²) in [5.41, 5.74) is 2.39. The van der Waals surface area contributed by atoms with E-state index in [1.807, 2.05) is 38.1 Å². The Morgan fingerprint density at radius 3 is 2.62 bits per heavy atom. The van der Waals surface area contributed by atoms with E-state index in [1.54, 1.807) is 0 Å². The molecule has 0 unspecified atom stereocenters. The lowest BCUT2D eigenvalue weighted by molar-refractivity contribution is 0.247. The Balaban J connectivity index is 1.83. The largest absolute Gasteiger partial charge is 0.491 e. The molecule has 2 amide bonds. The zero-order chi connectivity index (χ0) is 17.5. The molecule has 0 saturated carbocycles. The van der Waals surface area contributed by atoms with E-state index in [9.17, 15) is 9.18 Å². The summed E-state index contributed by atoms with van der Waals surface area (Å²) in [6.45, 7) is 4.52. The quantitative estimate of drug-likeness (QED) is 0.825. The molecule has 2 rings (SSSR count). The normalized spacial score (nSPS) is 9.92. The Bertz CT molecular complexity index is 764. The number of aryl methyl sites for hydroxylation is 2. The highest BCUT2D eigenvalue weighted by molar-refractivity contribution is 5.90. The number of rotatable bonds is 5. The molecule has 0 heterocycles. The van der Waals surface area contributed by atoms with Crippen molar-refractivity contribution in [2.75, 3.05) is 18.5 Å². The molecule has 124 valence electrons. The standard InChI is InChI=1S/C18H18FN3O2/c1-12-4-3-5-13(2)17(12)24-9-8-21-18(23)22-16-7-6-15(19)10-14(16)11-20/h3-7,10H,8-9H2,1-2H3,(H2,21,22,23). The summed E-state index contributed by atoms with van der Waals surface area (Å²) >= 11 is 0. The van der Waals surface area contributed by atoms with Crippen molar-refractivity contribution in [3.63, 3.8) is 0 Å². The van der Waals surface area contributed by atoms with Gasteiger partial charge in [-0.2, -0.15) is 5.26 Å². The van der Waals surface area contributed by atoms with Crippen LogP contribution < -0.4 is 15.4 Å². The van der Waals surface area contributed by atoms with Crippen LogP contribution in [-0.2, 0) is 0 Å². The fourth-order valence-corrected chi connectivity index (χ4v) is 2.23. The van der Waals surface area contributed by atoms with Gasteiger partial charge in [-0.1, -0.05) is 18.2 Å². The zero-order valence-electron chi connectivity index (χ0n) is 13.5. The minimum Gasteiger partial charge on any atom is -0.491 e. The third kappa shape index (κ3) is 4.46. The molecule has 5 nitrogen and oxygen atoms in total. The molecule has 0 aromatic heterocycles. The molecule has 0 atom stereocenters. The third-order valence-corrected chi connectivity index (χ3v) is 3.39. The second kappa shape index (κ2) is 7.97. The van der Waals surface area contributed by atoms with Crippen molar-refractivity contribution >= 4 is 11.7 Å². The molecular weight excluding hydrogens is 309 g/mol. The summed E-state index contributed by atoms with van der Waals surface area (Å²) in [4.78, 5) is 11.8. The van der Waals surface area contributed by atoms with Crippen LogP contribution in [0, 0.1) is 31.0 Å². The number of nitrogens with one attached hydrogen (secondary N) is 2. The van der Waals surface area contributed by atoms with Crippen molar-refractivity contribution in [1.82, 2.24) is 5.32 Å². The molecule has 2 aromatic rings. The maximum Gasteiger partial charge on any atom is 0.319 e. The summed E-state index contributed by atoms with van der Waals surface area (Å²) in [7, 11) is 0. The van der Waals surface area contributed by atoms with Crippen LogP contribution in [-0.4, -0.2) is 19.2 Å². The minimum absolute atomic E-state index is 0.0666. The van der Waals surface area contributed by atoms with Gasteiger partial charge in [-0.15, -0.1) is 0 Å². The number of hydrogen-bond donors (Lipinski definition) is 2. The number of benzene rings is 2. The van der Waals surface area contributed by atoms with Gasteiger partial charge in [0, 0.05) is 0 Å². The fraction of sp³-hybridized carbons (Fsp3) is 0.222. The highest BCUT2D eigenvalue weighted by Gasteiger charge is 2.08. The summed E-state index contributed by atoms with van der Waals surface area (Å²) < 4.78 is 18.7.